The van der Waals surface area contributed by atoms with Crippen LogP contribution in [-0.4, -0.2) is 50.5 Å². The molecule has 0 spiro atoms. The lowest BCUT2D eigenvalue weighted by atomic mass is 10.2. The Kier molecular flexibility index (Phi) is 7.82. The van der Waals surface area contributed by atoms with E-state index in [4.69, 9.17) is 4.74 Å². The van der Waals surface area contributed by atoms with Crippen LogP contribution in [0.3, 0.4) is 0 Å². The number of amides is 2. The predicted octanol–water partition coefficient (Wildman–Crippen LogP) is 1.20. The summed E-state index contributed by atoms with van der Waals surface area (Å²) in [5, 5.41) is 2.86. The summed E-state index contributed by atoms with van der Waals surface area (Å²) in [4.78, 5) is 27.4. The van der Waals surface area contributed by atoms with Crippen LogP contribution in [-0.2, 0) is 16.1 Å². The minimum atomic E-state index is -0.126. The average molecular weight is 370 g/mol. The first-order valence-electron chi connectivity index (χ1n) is 9.07. The summed E-state index contributed by atoms with van der Waals surface area (Å²) in [6.45, 7) is 3.74. The molecule has 2 aromatic rings. The number of hydrogen-bond acceptors (Lipinski definition) is 3. The van der Waals surface area contributed by atoms with E-state index in [-0.39, 0.29) is 24.9 Å². The molecular formula is C21H28N3O3+. The highest BCUT2D eigenvalue weighted by molar-refractivity contribution is 5.91. The Hall–Kier alpha value is -2.86. The maximum Gasteiger partial charge on any atom is 0.279 e. The zero-order valence-electron chi connectivity index (χ0n) is 16.2. The smallest absolute Gasteiger partial charge is 0.279 e. The molecular weight excluding hydrogens is 342 g/mol. The van der Waals surface area contributed by atoms with E-state index in [1.807, 2.05) is 55.5 Å². The van der Waals surface area contributed by atoms with Crippen molar-refractivity contribution in [3.8, 4) is 5.75 Å². The van der Waals surface area contributed by atoms with Crippen molar-refractivity contribution < 1.29 is 19.2 Å². The van der Waals surface area contributed by atoms with Gasteiger partial charge in [0, 0.05) is 25.3 Å². The van der Waals surface area contributed by atoms with Gasteiger partial charge in [-0.3, -0.25) is 9.59 Å². The van der Waals surface area contributed by atoms with Crippen LogP contribution in [0, 0.1) is 0 Å². The summed E-state index contributed by atoms with van der Waals surface area (Å²) in [7, 11) is 3.38. The van der Waals surface area contributed by atoms with Gasteiger partial charge in [0.05, 0.1) is 13.7 Å². The van der Waals surface area contributed by atoms with E-state index in [2.05, 4.69) is 5.32 Å². The number of methoxy groups -OCH3 is 1. The zero-order chi connectivity index (χ0) is 19.6. The van der Waals surface area contributed by atoms with Crippen LogP contribution < -0.4 is 15.0 Å². The second-order valence-electron chi connectivity index (χ2n) is 6.47. The molecule has 0 aliphatic heterocycles. The molecule has 2 amide bonds. The number of nitrogens with one attached hydrogen (secondary N) is 2. The molecule has 144 valence electrons. The van der Waals surface area contributed by atoms with Gasteiger partial charge in [-0.05, 0) is 24.6 Å². The first kappa shape index (κ1) is 20.5. The summed E-state index contributed by atoms with van der Waals surface area (Å²) in [5.41, 5.74) is 1.77. The fraction of sp³-hybridized carbons (Fsp3) is 0.333. The Bertz CT molecular complexity index is 749. The van der Waals surface area contributed by atoms with Gasteiger partial charge < -0.3 is 19.9 Å². The molecule has 0 radical (unpaired) electrons. The van der Waals surface area contributed by atoms with Crippen LogP contribution in [0.4, 0.5) is 5.69 Å². The second kappa shape index (κ2) is 10.3. The van der Waals surface area contributed by atoms with Gasteiger partial charge in [0.25, 0.3) is 11.8 Å². The predicted molar refractivity (Wildman–Crippen MR) is 106 cm³/mol. The fourth-order valence-corrected chi connectivity index (χ4v) is 2.74. The van der Waals surface area contributed by atoms with Crippen LogP contribution in [0.15, 0.2) is 54.6 Å². The summed E-state index contributed by atoms with van der Waals surface area (Å²) in [5.74, 6) is 0.578. The molecule has 0 aromatic heterocycles. The van der Waals surface area contributed by atoms with Gasteiger partial charge >= 0.3 is 0 Å². The fourth-order valence-electron chi connectivity index (χ4n) is 2.74. The number of rotatable bonds is 9. The normalized spacial score (nSPS) is 11.5. The van der Waals surface area contributed by atoms with Crippen molar-refractivity contribution in [3.63, 3.8) is 0 Å². The number of hydrogen-bond donors (Lipinski definition) is 2. The van der Waals surface area contributed by atoms with Crippen LogP contribution in [0.25, 0.3) is 0 Å². The number of quaternary nitrogens is 1. The Balaban J connectivity index is 1.86. The van der Waals surface area contributed by atoms with E-state index in [0.717, 1.165) is 10.5 Å². The van der Waals surface area contributed by atoms with Gasteiger partial charge in [-0.1, -0.05) is 36.4 Å². The number of benzene rings is 2. The third kappa shape index (κ3) is 6.75. The topological polar surface area (TPSA) is 63.1 Å². The van der Waals surface area contributed by atoms with Gasteiger partial charge in [-0.15, -0.1) is 0 Å². The Morgan fingerprint density at radius 1 is 1.07 bits per heavy atom. The molecule has 0 aliphatic carbocycles. The third-order valence-electron chi connectivity index (χ3n) is 4.35. The maximum atomic E-state index is 12.5. The monoisotopic (exact) mass is 370 g/mol. The summed E-state index contributed by atoms with van der Waals surface area (Å²) >= 11 is 0. The van der Waals surface area contributed by atoms with Gasteiger partial charge in [0.2, 0.25) is 0 Å². The summed E-state index contributed by atoms with van der Waals surface area (Å²) in [6.07, 6.45) is 0. The molecule has 0 saturated carbocycles. The van der Waals surface area contributed by atoms with Crippen LogP contribution in [0.5, 0.6) is 5.75 Å². The molecule has 0 fully saturated rings. The Labute approximate surface area is 160 Å². The lowest BCUT2D eigenvalue weighted by Crippen LogP contribution is -3.13. The second-order valence-corrected chi connectivity index (χ2v) is 6.47. The van der Waals surface area contributed by atoms with Crippen LogP contribution in [0.1, 0.15) is 12.5 Å². The molecule has 1 unspecified atom stereocenters. The van der Waals surface area contributed by atoms with Crippen molar-refractivity contribution in [2.45, 2.75) is 13.5 Å². The zero-order valence-corrected chi connectivity index (χ0v) is 16.2. The van der Waals surface area contributed by atoms with Gasteiger partial charge in [0.1, 0.15) is 5.75 Å². The number of ether oxygens (including phenoxy) is 1. The Morgan fingerprint density at radius 2 is 1.81 bits per heavy atom. The van der Waals surface area contributed by atoms with Crippen molar-refractivity contribution in [1.29, 1.82) is 0 Å². The molecule has 6 heteroatoms. The number of anilines is 1. The van der Waals surface area contributed by atoms with Gasteiger partial charge in [-0.2, -0.15) is 0 Å². The third-order valence-corrected chi connectivity index (χ3v) is 4.35. The molecule has 0 heterocycles. The minimum Gasteiger partial charge on any atom is -0.497 e. The van der Waals surface area contributed by atoms with E-state index in [1.54, 1.807) is 25.1 Å². The first-order chi connectivity index (χ1) is 13.0. The van der Waals surface area contributed by atoms with E-state index in [9.17, 15) is 9.59 Å². The largest absolute Gasteiger partial charge is 0.497 e. The molecule has 6 nitrogen and oxygen atoms in total. The first-order valence-corrected chi connectivity index (χ1v) is 9.07. The van der Waals surface area contributed by atoms with Crippen LogP contribution in [0.2, 0.25) is 0 Å². The standard InChI is InChI=1S/C21H27N3O3/c1-4-24(15-20(25)22-18-11-8-12-19(13-18)27-3)16-21(26)23(2)14-17-9-6-5-7-10-17/h5-13H,4,14-16H2,1-3H3,(H,22,25)/p+1. The lowest BCUT2D eigenvalue weighted by Gasteiger charge is -2.21. The highest BCUT2D eigenvalue weighted by Crippen LogP contribution is 2.16. The molecule has 1 atom stereocenters. The molecule has 27 heavy (non-hydrogen) atoms. The molecule has 2 N–H and O–H groups in total. The Morgan fingerprint density at radius 3 is 2.48 bits per heavy atom. The summed E-state index contributed by atoms with van der Waals surface area (Å²) in [6, 6.07) is 17.1. The quantitative estimate of drug-likeness (QED) is 0.697. The SMILES string of the molecule is CC[NH+](CC(=O)Nc1cccc(OC)c1)CC(=O)N(C)Cc1ccccc1. The van der Waals surface area contributed by atoms with Crippen molar-refractivity contribution in [1.82, 2.24) is 4.90 Å². The maximum absolute atomic E-state index is 12.5. The number of carbonyl (C=O) groups excluding carboxylic acids is 2. The van der Waals surface area contributed by atoms with Crippen molar-refractivity contribution in [2.24, 2.45) is 0 Å². The number of nitrogens with zero attached hydrogens (tertiary/aromatic N) is 1. The van der Waals surface area contributed by atoms with Crippen molar-refractivity contribution in [3.05, 3.63) is 60.2 Å². The highest BCUT2D eigenvalue weighted by Gasteiger charge is 2.19. The van der Waals surface area contributed by atoms with Gasteiger partial charge in [0.15, 0.2) is 13.1 Å². The van der Waals surface area contributed by atoms with Crippen molar-refractivity contribution in [2.75, 3.05) is 39.1 Å². The lowest BCUT2D eigenvalue weighted by molar-refractivity contribution is -0.882. The molecule has 2 rings (SSSR count). The molecule has 0 saturated heterocycles. The number of likely N-dealkylation sites (N-methyl/N-ethyl adjacent to an activating group) is 2. The van der Waals surface area contributed by atoms with Gasteiger partial charge in [-0.25, -0.2) is 0 Å². The van der Waals surface area contributed by atoms with E-state index in [0.29, 0.717) is 24.5 Å². The molecule has 0 bridgehead atoms. The van der Waals surface area contributed by atoms with Crippen molar-refractivity contribution >= 4 is 17.5 Å². The molecule has 0 aliphatic rings. The average Bonchev–Trinajstić information content (AvgIpc) is 2.68. The highest BCUT2D eigenvalue weighted by atomic mass is 16.5. The minimum absolute atomic E-state index is 0.0184. The number of carbonyl (C=O) groups is 2. The molecule has 2 aromatic carbocycles. The van der Waals surface area contributed by atoms with E-state index < -0.39 is 0 Å². The summed E-state index contributed by atoms with van der Waals surface area (Å²) < 4.78 is 5.16. The van der Waals surface area contributed by atoms with E-state index >= 15 is 0 Å². The van der Waals surface area contributed by atoms with E-state index in [1.165, 1.54) is 0 Å². The van der Waals surface area contributed by atoms with Crippen LogP contribution >= 0.6 is 0 Å².